The Morgan fingerprint density at radius 2 is 1.79 bits per heavy atom. The number of nitrogens with zero attached hydrogens (tertiary/aromatic N) is 1. The third-order valence-electron chi connectivity index (χ3n) is 3.39. The SMILES string of the molecule is CC(C)CNCCC(C)N(C)Cc1ccc(Cl)cc1. The molecule has 0 heterocycles. The van der Waals surface area contributed by atoms with Crippen molar-refractivity contribution in [1.82, 2.24) is 10.2 Å². The molecule has 1 unspecified atom stereocenters. The number of nitrogens with one attached hydrogen (secondary N) is 1. The Labute approximate surface area is 123 Å². The standard InChI is InChI=1S/C16H27ClN2/c1-13(2)11-18-10-9-14(3)19(4)12-15-5-7-16(17)8-6-15/h5-8,13-14,18H,9-12H2,1-4H3. The maximum absolute atomic E-state index is 5.90. The van der Waals surface area contributed by atoms with E-state index in [0.717, 1.165) is 30.6 Å². The molecule has 0 aromatic heterocycles. The molecule has 0 saturated heterocycles. The lowest BCUT2D eigenvalue weighted by atomic mass is 10.1. The van der Waals surface area contributed by atoms with E-state index in [4.69, 9.17) is 11.6 Å². The van der Waals surface area contributed by atoms with Crippen molar-refractivity contribution < 1.29 is 0 Å². The van der Waals surface area contributed by atoms with Crippen LogP contribution in [0.3, 0.4) is 0 Å². The summed E-state index contributed by atoms with van der Waals surface area (Å²) in [6.45, 7) is 9.93. The second-order valence-electron chi connectivity index (χ2n) is 5.78. The van der Waals surface area contributed by atoms with Crippen molar-refractivity contribution in [3.8, 4) is 0 Å². The van der Waals surface area contributed by atoms with Gasteiger partial charge in [-0.1, -0.05) is 37.6 Å². The Bertz CT molecular complexity index is 348. The zero-order valence-electron chi connectivity index (χ0n) is 12.6. The fourth-order valence-corrected chi connectivity index (χ4v) is 2.08. The molecule has 1 aromatic rings. The van der Waals surface area contributed by atoms with Gasteiger partial charge in [-0.3, -0.25) is 4.90 Å². The number of hydrogen-bond donors (Lipinski definition) is 1. The van der Waals surface area contributed by atoms with Gasteiger partial charge in [-0.15, -0.1) is 0 Å². The van der Waals surface area contributed by atoms with Gasteiger partial charge in [0.05, 0.1) is 0 Å². The highest BCUT2D eigenvalue weighted by Gasteiger charge is 2.09. The summed E-state index contributed by atoms with van der Waals surface area (Å²) in [5, 5.41) is 4.30. The molecule has 1 aromatic carbocycles. The monoisotopic (exact) mass is 282 g/mol. The molecule has 0 aliphatic rings. The highest BCUT2D eigenvalue weighted by Crippen LogP contribution is 2.12. The highest BCUT2D eigenvalue weighted by molar-refractivity contribution is 6.30. The van der Waals surface area contributed by atoms with Crippen LogP contribution >= 0.6 is 11.6 Å². The third-order valence-corrected chi connectivity index (χ3v) is 3.64. The Morgan fingerprint density at radius 3 is 2.37 bits per heavy atom. The summed E-state index contributed by atoms with van der Waals surface area (Å²) in [7, 11) is 2.18. The molecule has 1 rings (SSSR count). The summed E-state index contributed by atoms with van der Waals surface area (Å²) in [4.78, 5) is 2.39. The molecule has 0 amide bonds. The van der Waals surface area contributed by atoms with E-state index in [9.17, 15) is 0 Å². The van der Waals surface area contributed by atoms with E-state index in [1.165, 1.54) is 12.0 Å². The third kappa shape index (κ3) is 6.95. The minimum atomic E-state index is 0.579. The molecule has 0 aliphatic carbocycles. The quantitative estimate of drug-likeness (QED) is 0.730. The van der Waals surface area contributed by atoms with Crippen LogP contribution in [0.2, 0.25) is 5.02 Å². The van der Waals surface area contributed by atoms with Gasteiger partial charge in [0, 0.05) is 17.6 Å². The molecule has 0 spiro atoms. The van der Waals surface area contributed by atoms with E-state index in [0.29, 0.717) is 6.04 Å². The number of halogens is 1. The van der Waals surface area contributed by atoms with Gasteiger partial charge in [0.15, 0.2) is 0 Å². The first-order chi connectivity index (χ1) is 8.99. The van der Waals surface area contributed by atoms with Gasteiger partial charge in [0.25, 0.3) is 0 Å². The van der Waals surface area contributed by atoms with E-state index in [2.05, 4.69) is 50.2 Å². The van der Waals surface area contributed by atoms with Crippen LogP contribution in [0.4, 0.5) is 0 Å². The van der Waals surface area contributed by atoms with Gasteiger partial charge in [0.1, 0.15) is 0 Å². The number of hydrogen-bond acceptors (Lipinski definition) is 2. The van der Waals surface area contributed by atoms with Crippen molar-refractivity contribution in [1.29, 1.82) is 0 Å². The lowest BCUT2D eigenvalue weighted by Gasteiger charge is -2.25. The van der Waals surface area contributed by atoms with Crippen molar-refractivity contribution in [3.05, 3.63) is 34.9 Å². The van der Waals surface area contributed by atoms with Crippen molar-refractivity contribution >= 4 is 11.6 Å². The second kappa shape index (κ2) is 8.57. The summed E-state index contributed by atoms with van der Waals surface area (Å²) < 4.78 is 0. The van der Waals surface area contributed by atoms with Crippen LogP contribution in [-0.4, -0.2) is 31.1 Å². The number of rotatable bonds is 8. The lowest BCUT2D eigenvalue weighted by Crippen LogP contribution is -2.32. The minimum Gasteiger partial charge on any atom is -0.316 e. The molecule has 0 fully saturated rings. The van der Waals surface area contributed by atoms with E-state index in [1.54, 1.807) is 0 Å². The van der Waals surface area contributed by atoms with E-state index in [1.807, 2.05) is 12.1 Å². The molecular weight excluding hydrogens is 256 g/mol. The van der Waals surface area contributed by atoms with Crippen molar-refractivity contribution in [3.63, 3.8) is 0 Å². The average molecular weight is 283 g/mol. The first-order valence-electron chi connectivity index (χ1n) is 7.14. The zero-order chi connectivity index (χ0) is 14.3. The topological polar surface area (TPSA) is 15.3 Å². The van der Waals surface area contributed by atoms with Crippen LogP contribution in [0, 0.1) is 5.92 Å². The van der Waals surface area contributed by atoms with Crippen LogP contribution in [0.15, 0.2) is 24.3 Å². The summed E-state index contributed by atoms with van der Waals surface area (Å²) in [5.74, 6) is 0.724. The second-order valence-corrected chi connectivity index (χ2v) is 6.21. The van der Waals surface area contributed by atoms with Crippen LogP contribution in [0.25, 0.3) is 0 Å². The predicted molar refractivity (Wildman–Crippen MR) is 84.7 cm³/mol. The van der Waals surface area contributed by atoms with Gasteiger partial charge in [-0.05, 0) is 57.1 Å². The van der Waals surface area contributed by atoms with Crippen molar-refractivity contribution in [2.24, 2.45) is 5.92 Å². The Hall–Kier alpha value is -0.570. The van der Waals surface area contributed by atoms with E-state index >= 15 is 0 Å². The molecule has 0 bridgehead atoms. The maximum Gasteiger partial charge on any atom is 0.0406 e. The molecule has 1 atom stereocenters. The van der Waals surface area contributed by atoms with Gasteiger partial charge < -0.3 is 5.32 Å². The average Bonchev–Trinajstić information content (AvgIpc) is 2.36. The van der Waals surface area contributed by atoms with Crippen molar-refractivity contribution in [2.75, 3.05) is 20.1 Å². The van der Waals surface area contributed by atoms with Gasteiger partial charge in [-0.2, -0.15) is 0 Å². The summed E-state index contributed by atoms with van der Waals surface area (Å²) in [6, 6.07) is 8.69. The predicted octanol–water partition coefficient (Wildman–Crippen LogP) is 3.80. The van der Waals surface area contributed by atoms with Crippen molar-refractivity contribution in [2.45, 2.75) is 39.8 Å². The fourth-order valence-electron chi connectivity index (χ4n) is 1.96. The molecule has 0 radical (unpaired) electrons. The van der Waals surface area contributed by atoms with Crippen LogP contribution < -0.4 is 5.32 Å². The highest BCUT2D eigenvalue weighted by atomic mass is 35.5. The first kappa shape index (κ1) is 16.5. The molecule has 2 nitrogen and oxygen atoms in total. The van der Waals surface area contributed by atoms with Gasteiger partial charge >= 0.3 is 0 Å². The lowest BCUT2D eigenvalue weighted by molar-refractivity contribution is 0.236. The Balaban J connectivity index is 2.28. The molecule has 0 aliphatic heterocycles. The fraction of sp³-hybridized carbons (Fsp3) is 0.625. The smallest absolute Gasteiger partial charge is 0.0406 e. The normalized spacial score (nSPS) is 13.2. The number of benzene rings is 1. The van der Waals surface area contributed by atoms with Crippen LogP contribution in [0.1, 0.15) is 32.8 Å². The Kier molecular flexibility index (Phi) is 7.44. The summed E-state index contributed by atoms with van der Waals surface area (Å²) in [5.41, 5.74) is 1.31. The minimum absolute atomic E-state index is 0.579. The van der Waals surface area contributed by atoms with E-state index in [-0.39, 0.29) is 0 Å². The van der Waals surface area contributed by atoms with Crippen LogP contribution in [-0.2, 0) is 6.54 Å². The zero-order valence-corrected chi connectivity index (χ0v) is 13.4. The van der Waals surface area contributed by atoms with Gasteiger partial charge in [0.2, 0.25) is 0 Å². The first-order valence-corrected chi connectivity index (χ1v) is 7.52. The molecule has 108 valence electrons. The molecular formula is C16H27ClN2. The van der Waals surface area contributed by atoms with E-state index < -0.39 is 0 Å². The summed E-state index contributed by atoms with van der Waals surface area (Å²) in [6.07, 6.45) is 1.18. The molecule has 1 N–H and O–H groups in total. The van der Waals surface area contributed by atoms with Crippen LogP contribution in [0.5, 0.6) is 0 Å². The Morgan fingerprint density at radius 1 is 1.16 bits per heavy atom. The maximum atomic E-state index is 5.90. The molecule has 0 saturated carbocycles. The largest absolute Gasteiger partial charge is 0.316 e. The molecule has 19 heavy (non-hydrogen) atoms. The summed E-state index contributed by atoms with van der Waals surface area (Å²) >= 11 is 5.90. The van der Waals surface area contributed by atoms with Gasteiger partial charge in [-0.25, -0.2) is 0 Å². The molecule has 3 heteroatoms.